The van der Waals surface area contributed by atoms with Crippen molar-refractivity contribution >= 4 is 5.78 Å². The van der Waals surface area contributed by atoms with Crippen molar-refractivity contribution in [3.8, 4) is 5.75 Å². The van der Waals surface area contributed by atoms with E-state index in [1.807, 2.05) is 0 Å². The molecule has 0 N–H and O–H groups in total. The van der Waals surface area contributed by atoms with Gasteiger partial charge in [0.25, 0.3) is 0 Å². The van der Waals surface area contributed by atoms with E-state index >= 15 is 0 Å². The van der Waals surface area contributed by atoms with Crippen LogP contribution in [0.15, 0.2) is 18.2 Å². The second-order valence-corrected chi connectivity index (χ2v) is 3.20. The first-order valence-corrected chi connectivity index (χ1v) is 4.15. The molecule has 2 rings (SSSR count). The van der Waals surface area contributed by atoms with Gasteiger partial charge in [0, 0.05) is 17.5 Å². The van der Waals surface area contributed by atoms with Gasteiger partial charge in [0.05, 0.1) is 7.11 Å². The molecule has 0 radical (unpaired) electrons. The van der Waals surface area contributed by atoms with Crippen LogP contribution < -0.4 is 4.74 Å². The van der Waals surface area contributed by atoms with Crippen molar-refractivity contribution in [2.45, 2.75) is 12.3 Å². The summed E-state index contributed by atoms with van der Waals surface area (Å²) in [5.41, 5.74) is 0.388. The average Bonchev–Trinajstić information content (AvgIpc) is 2.38. The molecule has 0 spiro atoms. The van der Waals surface area contributed by atoms with Crippen molar-refractivity contribution in [1.29, 1.82) is 0 Å². The maximum Gasteiger partial charge on any atom is 0.313 e. The number of alkyl halides is 2. The fourth-order valence-electron chi connectivity index (χ4n) is 1.65. The fourth-order valence-corrected chi connectivity index (χ4v) is 1.65. The zero-order valence-corrected chi connectivity index (χ0v) is 7.51. The molecule has 0 bridgehead atoms. The second-order valence-electron chi connectivity index (χ2n) is 3.20. The summed E-state index contributed by atoms with van der Waals surface area (Å²) in [6, 6.07) is 4.52. The summed E-state index contributed by atoms with van der Waals surface area (Å²) < 4.78 is 31.0. The van der Waals surface area contributed by atoms with E-state index in [1.165, 1.54) is 19.2 Å². The molecular weight excluding hydrogens is 190 g/mol. The monoisotopic (exact) mass is 198 g/mol. The number of ketones is 1. The highest BCUT2D eigenvalue weighted by Gasteiger charge is 2.47. The standard InChI is InChI=1S/C10H8F2O2/c1-14-8-4-2-3-6-7(8)5-10(11,12)9(6)13/h2-4H,5H2,1H3. The number of rotatable bonds is 1. The molecule has 0 amide bonds. The predicted octanol–water partition coefficient (Wildman–Crippen LogP) is 2.07. The minimum atomic E-state index is -3.27. The van der Waals surface area contributed by atoms with Gasteiger partial charge in [-0.25, -0.2) is 0 Å². The Morgan fingerprint density at radius 1 is 1.43 bits per heavy atom. The lowest BCUT2D eigenvalue weighted by Crippen LogP contribution is -2.23. The van der Waals surface area contributed by atoms with Gasteiger partial charge in [-0.2, -0.15) is 8.78 Å². The van der Waals surface area contributed by atoms with Crippen LogP contribution in [0.25, 0.3) is 0 Å². The summed E-state index contributed by atoms with van der Waals surface area (Å²) in [4.78, 5) is 11.2. The molecule has 1 aromatic rings. The maximum absolute atomic E-state index is 13.0. The third-order valence-corrected chi connectivity index (χ3v) is 2.33. The summed E-state index contributed by atoms with van der Waals surface area (Å²) in [6.45, 7) is 0. The number of methoxy groups -OCH3 is 1. The fraction of sp³-hybridized carbons (Fsp3) is 0.300. The highest BCUT2D eigenvalue weighted by molar-refractivity contribution is 6.06. The lowest BCUT2D eigenvalue weighted by Gasteiger charge is -2.05. The van der Waals surface area contributed by atoms with Gasteiger partial charge in [-0.3, -0.25) is 4.79 Å². The van der Waals surface area contributed by atoms with E-state index in [4.69, 9.17) is 4.74 Å². The Morgan fingerprint density at radius 2 is 2.14 bits per heavy atom. The number of halogens is 2. The molecule has 1 aliphatic rings. The van der Waals surface area contributed by atoms with Crippen LogP contribution in [0.3, 0.4) is 0 Å². The molecule has 0 unspecified atom stereocenters. The topological polar surface area (TPSA) is 26.3 Å². The maximum atomic E-state index is 13.0. The Hall–Kier alpha value is -1.45. The molecule has 1 aromatic carbocycles. The molecule has 4 heteroatoms. The van der Waals surface area contributed by atoms with Crippen LogP contribution >= 0.6 is 0 Å². The van der Waals surface area contributed by atoms with E-state index in [0.717, 1.165) is 0 Å². The first kappa shape index (κ1) is 9.12. The zero-order chi connectivity index (χ0) is 10.3. The van der Waals surface area contributed by atoms with Gasteiger partial charge in [-0.1, -0.05) is 12.1 Å². The van der Waals surface area contributed by atoms with E-state index in [2.05, 4.69) is 0 Å². The minimum absolute atomic E-state index is 0.0781. The first-order valence-electron chi connectivity index (χ1n) is 4.15. The molecule has 0 atom stereocenters. The van der Waals surface area contributed by atoms with Crippen LogP contribution in [-0.2, 0) is 6.42 Å². The highest BCUT2D eigenvalue weighted by atomic mass is 19.3. The van der Waals surface area contributed by atoms with Gasteiger partial charge in [0.2, 0.25) is 5.78 Å². The van der Waals surface area contributed by atoms with Gasteiger partial charge >= 0.3 is 5.92 Å². The predicted molar refractivity (Wildman–Crippen MR) is 46.0 cm³/mol. The molecular formula is C10H8F2O2. The van der Waals surface area contributed by atoms with Gasteiger partial charge in [0.15, 0.2) is 0 Å². The highest BCUT2D eigenvalue weighted by Crippen LogP contribution is 2.38. The Kier molecular flexibility index (Phi) is 1.80. The molecule has 0 saturated heterocycles. The van der Waals surface area contributed by atoms with Crippen molar-refractivity contribution in [1.82, 2.24) is 0 Å². The summed E-state index contributed by atoms with van der Waals surface area (Å²) in [7, 11) is 1.40. The van der Waals surface area contributed by atoms with E-state index in [-0.39, 0.29) is 5.56 Å². The van der Waals surface area contributed by atoms with Crippen molar-refractivity contribution in [3.05, 3.63) is 29.3 Å². The van der Waals surface area contributed by atoms with E-state index in [0.29, 0.717) is 11.3 Å². The van der Waals surface area contributed by atoms with Crippen LogP contribution in [0.2, 0.25) is 0 Å². The lowest BCUT2D eigenvalue weighted by atomic mass is 10.1. The van der Waals surface area contributed by atoms with Crippen molar-refractivity contribution in [2.75, 3.05) is 7.11 Å². The third kappa shape index (κ3) is 1.10. The molecule has 0 saturated carbocycles. The molecule has 0 heterocycles. The number of ether oxygens (including phenoxy) is 1. The zero-order valence-electron chi connectivity index (χ0n) is 7.51. The van der Waals surface area contributed by atoms with Crippen LogP contribution in [0.1, 0.15) is 15.9 Å². The van der Waals surface area contributed by atoms with Gasteiger partial charge in [-0.15, -0.1) is 0 Å². The number of carbonyl (C=O) groups excluding carboxylic acids is 1. The van der Waals surface area contributed by atoms with Crippen LogP contribution in [-0.4, -0.2) is 18.8 Å². The average molecular weight is 198 g/mol. The lowest BCUT2D eigenvalue weighted by molar-refractivity contribution is 0.0166. The Morgan fingerprint density at radius 3 is 2.79 bits per heavy atom. The molecule has 0 aromatic heterocycles. The number of hydrogen-bond acceptors (Lipinski definition) is 2. The number of benzene rings is 1. The summed E-state index contributed by atoms with van der Waals surface area (Å²) in [5, 5.41) is 0. The van der Waals surface area contributed by atoms with Gasteiger partial charge in [-0.05, 0) is 6.07 Å². The molecule has 2 nitrogen and oxygen atoms in total. The quantitative estimate of drug-likeness (QED) is 0.690. The third-order valence-electron chi connectivity index (χ3n) is 2.33. The Balaban J connectivity index is 2.58. The number of hydrogen-bond donors (Lipinski definition) is 0. The van der Waals surface area contributed by atoms with Crippen LogP contribution in [0.5, 0.6) is 5.75 Å². The molecule has 0 aliphatic heterocycles. The Labute approximate surface area is 79.5 Å². The largest absolute Gasteiger partial charge is 0.496 e. The SMILES string of the molecule is COc1cccc2c1CC(F)(F)C2=O. The van der Waals surface area contributed by atoms with Gasteiger partial charge < -0.3 is 4.74 Å². The number of carbonyl (C=O) groups is 1. The molecule has 14 heavy (non-hydrogen) atoms. The normalized spacial score (nSPS) is 18.1. The summed E-state index contributed by atoms with van der Waals surface area (Å²) in [5.74, 6) is -4.02. The molecule has 0 fully saturated rings. The summed E-state index contributed by atoms with van der Waals surface area (Å²) >= 11 is 0. The van der Waals surface area contributed by atoms with Gasteiger partial charge in [0.1, 0.15) is 5.75 Å². The van der Waals surface area contributed by atoms with E-state index < -0.39 is 18.1 Å². The van der Waals surface area contributed by atoms with Crippen LogP contribution in [0, 0.1) is 0 Å². The second kappa shape index (κ2) is 2.77. The smallest absolute Gasteiger partial charge is 0.313 e. The summed E-state index contributed by atoms with van der Waals surface area (Å²) in [6.07, 6.45) is -0.550. The molecule has 74 valence electrons. The number of fused-ring (bicyclic) bond motifs is 1. The van der Waals surface area contributed by atoms with Crippen molar-refractivity contribution in [2.24, 2.45) is 0 Å². The Bertz CT molecular complexity index is 399. The van der Waals surface area contributed by atoms with Crippen molar-refractivity contribution in [3.63, 3.8) is 0 Å². The van der Waals surface area contributed by atoms with Crippen LogP contribution in [0.4, 0.5) is 8.78 Å². The van der Waals surface area contributed by atoms with E-state index in [1.54, 1.807) is 6.07 Å². The molecule has 1 aliphatic carbocycles. The number of Topliss-reactive ketones (excluding diaryl/α,β-unsaturated/α-hetero) is 1. The van der Waals surface area contributed by atoms with E-state index in [9.17, 15) is 13.6 Å². The van der Waals surface area contributed by atoms with Crippen molar-refractivity contribution < 1.29 is 18.3 Å². The first-order chi connectivity index (χ1) is 6.56. The minimum Gasteiger partial charge on any atom is -0.496 e.